The molecule has 1 aromatic heterocycles. The van der Waals surface area contributed by atoms with E-state index >= 15 is 0 Å². The first-order valence-electron chi connectivity index (χ1n) is 7.81. The number of anilines is 1. The molecule has 1 heterocycles. The molecule has 0 aliphatic heterocycles. The molecular weight excluding hydrogens is 288 g/mol. The van der Waals surface area contributed by atoms with E-state index in [0.29, 0.717) is 0 Å². The molecule has 5 heteroatoms. The van der Waals surface area contributed by atoms with Gasteiger partial charge in [0.2, 0.25) is 0 Å². The molecule has 0 unspecified atom stereocenters. The van der Waals surface area contributed by atoms with Crippen molar-refractivity contribution < 1.29 is 4.79 Å². The van der Waals surface area contributed by atoms with E-state index in [9.17, 15) is 10.1 Å². The maximum atomic E-state index is 12.8. The van der Waals surface area contributed by atoms with Gasteiger partial charge in [-0.1, -0.05) is 0 Å². The zero-order valence-corrected chi connectivity index (χ0v) is 13.7. The fourth-order valence-electron chi connectivity index (χ4n) is 3.03. The molecule has 1 amide bonds. The highest BCUT2D eigenvalue weighted by atomic mass is 16.2. The first-order chi connectivity index (χ1) is 10.9. The molecule has 1 aliphatic carbocycles. The molecule has 2 aromatic rings. The molecule has 23 heavy (non-hydrogen) atoms. The van der Waals surface area contributed by atoms with Crippen LogP contribution in [0.2, 0.25) is 0 Å². The SMILES string of the molecule is Cc1cnn(C(C)(C)C(=O)Nc2ccc(C#N)c3c2CCC3)c1. The van der Waals surface area contributed by atoms with Gasteiger partial charge in [0.05, 0.1) is 17.8 Å². The number of fused-ring (bicyclic) bond motifs is 1. The third-order valence-electron chi connectivity index (χ3n) is 4.49. The smallest absolute Gasteiger partial charge is 0.251 e. The van der Waals surface area contributed by atoms with Gasteiger partial charge in [-0.25, -0.2) is 0 Å². The predicted molar refractivity (Wildman–Crippen MR) is 88.1 cm³/mol. The third kappa shape index (κ3) is 2.61. The minimum Gasteiger partial charge on any atom is -0.324 e. The summed E-state index contributed by atoms with van der Waals surface area (Å²) in [4.78, 5) is 12.8. The minimum absolute atomic E-state index is 0.112. The summed E-state index contributed by atoms with van der Waals surface area (Å²) in [5.74, 6) is -0.112. The lowest BCUT2D eigenvalue weighted by Gasteiger charge is -2.25. The maximum absolute atomic E-state index is 12.8. The van der Waals surface area contributed by atoms with E-state index in [-0.39, 0.29) is 5.91 Å². The highest BCUT2D eigenvalue weighted by molar-refractivity contribution is 5.97. The molecule has 5 nitrogen and oxygen atoms in total. The lowest BCUT2D eigenvalue weighted by atomic mass is 10.0. The summed E-state index contributed by atoms with van der Waals surface area (Å²) in [5, 5.41) is 16.5. The van der Waals surface area contributed by atoms with Crippen LogP contribution in [0.1, 0.15) is 42.5 Å². The van der Waals surface area contributed by atoms with Gasteiger partial charge in [0.25, 0.3) is 5.91 Å². The van der Waals surface area contributed by atoms with Crippen LogP contribution < -0.4 is 5.32 Å². The maximum Gasteiger partial charge on any atom is 0.251 e. The average molecular weight is 308 g/mol. The van der Waals surface area contributed by atoms with Crippen LogP contribution in [0.4, 0.5) is 5.69 Å². The zero-order chi connectivity index (χ0) is 16.6. The average Bonchev–Trinajstić information content (AvgIpc) is 3.16. The lowest BCUT2D eigenvalue weighted by molar-refractivity contribution is -0.123. The van der Waals surface area contributed by atoms with Crippen LogP contribution in [0.3, 0.4) is 0 Å². The Kier molecular flexibility index (Phi) is 3.69. The highest BCUT2D eigenvalue weighted by Crippen LogP contribution is 2.32. The number of hydrogen-bond acceptors (Lipinski definition) is 3. The molecule has 3 rings (SSSR count). The Hall–Kier alpha value is -2.61. The summed E-state index contributed by atoms with van der Waals surface area (Å²) in [6, 6.07) is 5.87. The largest absolute Gasteiger partial charge is 0.324 e. The van der Waals surface area contributed by atoms with E-state index in [4.69, 9.17) is 0 Å². The number of carbonyl (C=O) groups is 1. The van der Waals surface area contributed by atoms with E-state index in [0.717, 1.165) is 47.2 Å². The van der Waals surface area contributed by atoms with Gasteiger partial charge >= 0.3 is 0 Å². The van der Waals surface area contributed by atoms with Crippen molar-refractivity contribution in [3.05, 3.63) is 46.8 Å². The fourth-order valence-corrected chi connectivity index (χ4v) is 3.03. The van der Waals surface area contributed by atoms with Gasteiger partial charge in [0, 0.05) is 11.9 Å². The van der Waals surface area contributed by atoms with Crippen molar-refractivity contribution >= 4 is 11.6 Å². The second-order valence-electron chi connectivity index (χ2n) is 6.56. The minimum atomic E-state index is -0.784. The number of nitrogens with one attached hydrogen (secondary N) is 1. The lowest BCUT2D eigenvalue weighted by Crippen LogP contribution is -2.40. The van der Waals surface area contributed by atoms with Crippen LogP contribution in [-0.4, -0.2) is 15.7 Å². The van der Waals surface area contributed by atoms with E-state index < -0.39 is 5.54 Å². The molecule has 0 radical (unpaired) electrons. The number of aromatic nitrogens is 2. The number of nitriles is 1. The molecule has 1 aromatic carbocycles. The second kappa shape index (κ2) is 5.54. The summed E-state index contributed by atoms with van der Waals surface area (Å²) in [6.07, 6.45) is 6.45. The molecule has 118 valence electrons. The van der Waals surface area contributed by atoms with E-state index in [1.165, 1.54) is 0 Å². The van der Waals surface area contributed by atoms with Crippen molar-refractivity contribution in [1.29, 1.82) is 5.26 Å². The summed E-state index contributed by atoms with van der Waals surface area (Å²) in [7, 11) is 0. The molecule has 0 atom stereocenters. The van der Waals surface area contributed by atoms with Gasteiger partial charge in [0.15, 0.2) is 0 Å². The van der Waals surface area contributed by atoms with E-state index in [2.05, 4.69) is 16.5 Å². The van der Waals surface area contributed by atoms with Crippen molar-refractivity contribution in [3.63, 3.8) is 0 Å². The Morgan fingerprint density at radius 2 is 2.09 bits per heavy atom. The Labute approximate surface area is 135 Å². The fraction of sp³-hybridized carbons (Fsp3) is 0.389. The number of rotatable bonds is 3. The van der Waals surface area contributed by atoms with Crippen molar-refractivity contribution in [3.8, 4) is 6.07 Å². The first kappa shape index (κ1) is 15.3. The van der Waals surface area contributed by atoms with E-state index in [1.807, 2.05) is 33.0 Å². The van der Waals surface area contributed by atoms with E-state index in [1.54, 1.807) is 16.9 Å². The molecule has 1 N–H and O–H groups in total. The van der Waals surface area contributed by atoms with Crippen molar-refractivity contribution in [2.75, 3.05) is 5.32 Å². The molecule has 0 saturated carbocycles. The van der Waals surface area contributed by atoms with Gasteiger partial charge < -0.3 is 5.32 Å². The van der Waals surface area contributed by atoms with Gasteiger partial charge in [-0.05, 0) is 68.9 Å². The predicted octanol–water partition coefficient (Wildman–Crippen LogP) is 2.93. The van der Waals surface area contributed by atoms with Gasteiger partial charge in [-0.15, -0.1) is 0 Å². The third-order valence-corrected chi connectivity index (χ3v) is 4.49. The van der Waals surface area contributed by atoms with Crippen molar-refractivity contribution in [2.24, 2.45) is 0 Å². The van der Waals surface area contributed by atoms with Crippen molar-refractivity contribution in [2.45, 2.75) is 45.6 Å². The van der Waals surface area contributed by atoms with Crippen LogP contribution >= 0.6 is 0 Å². The molecule has 0 spiro atoms. The molecule has 0 fully saturated rings. The summed E-state index contributed by atoms with van der Waals surface area (Å²) >= 11 is 0. The van der Waals surface area contributed by atoms with Gasteiger partial charge in [-0.3, -0.25) is 9.48 Å². The molecule has 0 saturated heterocycles. The summed E-state index contributed by atoms with van der Waals surface area (Å²) in [6.45, 7) is 5.64. The van der Waals surface area contributed by atoms with Crippen LogP contribution in [-0.2, 0) is 23.2 Å². The number of amides is 1. The Bertz CT molecular complexity index is 811. The number of hydrogen-bond donors (Lipinski definition) is 1. The quantitative estimate of drug-likeness (QED) is 0.947. The number of aryl methyl sites for hydroxylation is 1. The second-order valence-corrected chi connectivity index (χ2v) is 6.56. The zero-order valence-electron chi connectivity index (χ0n) is 13.7. The standard InChI is InChI=1S/C18H20N4O/c1-12-10-20-22(11-12)18(2,3)17(23)21-16-8-7-13(9-19)14-5-4-6-15(14)16/h7-8,10-11H,4-6H2,1-3H3,(H,21,23). The molecule has 0 bridgehead atoms. The highest BCUT2D eigenvalue weighted by Gasteiger charge is 2.31. The topological polar surface area (TPSA) is 70.7 Å². The van der Waals surface area contributed by atoms with Crippen molar-refractivity contribution in [1.82, 2.24) is 9.78 Å². The van der Waals surface area contributed by atoms with Crippen LogP contribution in [0.15, 0.2) is 24.5 Å². The number of benzene rings is 1. The van der Waals surface area contributed by atoms with Gasteiger partial charge in [-0.2, -0.15) is 10.4 Å². The van der Waals surface area contributed by atoms with Crippen LogP contribution in [0.25, 0.3) is 0 Å². The first-order valence-corrected chi connectivity index (χ1v) is 7.81. The normalized spacial score (nSPS) is 13.5. The summed E-state index contributed by atoms with van der Waals surface area (Å²) in [5.41, 5.74) is 3.96. The number of carbonyl (C=O) groups excluding carboxylic acids is 1. The molecular formula is C18H20N4O. The van der Waals surface area contributed by atoms with Gasteiger partial charge in [0.1, 0.15) is 5.54 Å². The number of nitrogens with zero attached hydrogens (tertiary/aromatic N) is 3. The Morgan fingerprint density at radius 3 is 2.74 bits per heavy atom. The Morgan fingerprint density at radius 1 is 1.35 bits per heavy atom. The summed E-state index contributed by atoms with van der Waals surface area (Å²) < 4.78 is 1.68. The van der Waals surface area contributed by atoms with Crippen LogP contribution in [0, 0.1) is 18.3 Å². The molecule has 1 aliphatic rings. The monoisotopic (exact) mass is 308 g/mol. The van der Waals surface area contributed by atoms with Crippen LogP contribution in [0.5, 0.6) is 0 Å². The Balaban J connectivity index is 1.90.